The van der Waals surface area contributed by atoms with Crippen LogP contribution < -0.4 is 10.5 Å². The second-order valence-electron chi connectivity index (χ2n) is 4.35. The molecular formula is C15H13N3O2. The molecule has 1 aromatic carbocycles. The molecule has 5 nitrogen and oxygen atoms in total. The SMILES string of the molecule is Cc1cc(C=O)c(OCc2cncc(C#N)c2)cc1N. The molecule has 2 rings (SSSR count). The summed E-state index contributed by atoms with van der Waals surface area (Å²) in [5.41, 5.74) is 8.86. The van der Waals surface area contributed by atoms with E-state index in [9.17, 15) is 4.79 Å². The number of aldehydes is 1. The molecule has 1 heterocycles. The largest absolute Gasteiger partial charge is 0.488 e. The van der Waals surface area contributed by atoms with Crippen LogP contribution in [0.5, 0.6) is 5.75 Å². The number of aryl methyl sites for hydroxylation is 1. The average molecular weight is 267 g/mol. The van der Waals surface area contributed by atoms with Gasteiger partial charge in [0, 0.05) is 29.7 Å². The number of carbonyl (C=O) groups is 1. The van der Waals surface area contributed by atoms with Gasteiger partial charge in [0.15, 0.2) is 6.29 Å². The second-order valence-corrected chi connectivity index (χ2v) is 4.35. The van der Waals surface area contributed by atoms with Crippen molar-refractivity contribution < 1.29 is 9.53 Å². The minimum absolute atomic E-state index is 0.214. The van der Waals surface area contributed by atoms with Crippen molar-refractivity contribution in [2.75, 3.05) is 5.73 Å². The lowest BCUT2D eigenvalue weighted by molar-refractivity contribution is 0.111. The van der Waals surface area contributed by atoms with E-state index >= 15 is 0 Å². The Morgan fingerprint density at radius 1 is 1.40 bits per heavy atom. The maximum atomic E-state index is 11.0. The topological polar surface area (TPSA) is 89.0 Å². The molecule has 0 amide bonds. The van der Waals surface area contributed by atoms with E-state index in [0.29, 0.717) is 22.6 Å². The second kappa shape index (κ2) is 5.85. The van der Waals surface area contributed by atoms with Gasteiger partial charge in [-0.1, -0.05) is 0 Å². The van der Waals surface area contributed by atoms with Gasteiger partial charge in [-0.25, -0.2) is 0 Å². The molecule has 100 valence electrons. The first kappa shape index (κ1) is 13.6. The van der Waals surface area contributed by atoms with Crippen LogP contribution in [-0.4, -0.2) is 11.3 Å². The average Bonchev–Trinajstić information content (AvgIpc) is 2.48. The molecule has 0 fully saturated rings. The van der Waals surface area contributed by atoms with Gasteiger partial charge in [0.25, 0.3) is 0 Å². The van der Waals surface area contributed by atoms with Crippen molar-refractivity contribution >= 4 is 12.0 Å². The first-order valence-electron chi connectivity index (χ1n) is 5.96. The minimum atomic E-state index is 0.214. The van der Waals surface area contributed by atoms with Crippen LogP contribution in [-0.2, 0) is 6.61 Å². The van der Waals surface area contributed by atoms with E-state index < -0.39 is 0 Å². The van der Waals surface area contributed by atoms with Crippen LogP contribution in [0.1, 0.15) is 27.0 Å². The van der Waals surface area contributed by atoms with Crippen molar-refractivity contribution in [1.82, 2.24) is 4.98 Å². The van der Waals surface area contributed by atoms with Gasteiger partial charge in [0.05, 0.1) is 11.1 Å². The van der Waals surface area contributed by atoms with Gasteiger partial charge in [-0.2, -0.15) is 5.26 Å². The summed E-state index contributed by atoms with van der Waals surface area (Å²) >= 11 is 0. The number of pyridine rings is 1. The molecule has 1 aromatic heterocycles. The number of nitrogen functional groups attached to an aromatic ring is 1. The number of rotatable bonds is 4. The Balaban J connectivity index is 2.20. The zero-order valence-electron chi connectivity index (χ0n) is 11.0. The molecule has 0 bridgehead atoms. The summed E-state index contributed by atoms with van der Waals surface area (Å²) in [6.45, 7) is 2.04. The summed E-state index contributed by atoms with van der Waals surface area (Å²) in [5, 5.41) is 8.80. The lowest BCUT2D eigenvalue weighted by Crippen LogP contribution is -2.01. The summed E-state index contributed by atoms with van der Waals surface area (Å²) in [6, 6.07) is 7.00. The first-order chi connectivity index (χ1) is 9.63. The Labute approximate surface area is 116 Å². The van der Waals surface area contributed by atoms with E-state index in [-0.39, 0.29) is 6.61 Å². The summed E-state index contributed by atoms with van der Waals surface area (Å²) in [4.78, 5) is 15.0. The van der Waals surface area contributed by atoms with Crippen LogP contribution >= 0.6 is 0 Å². The third kappa shape index (κ3) is 2.93. The molecule has 0 unspecified atom stereocenters. The summed E-state index contributed by atoms with van der Waals surface area (Å²) in [6.07, 6.45) is 3.81. The smallest absolute Gasteiger partial charge is 0.153 e. The van der Waals surface area contributed by atoms with E-state index in [4.69, 9.17) is 15.7 Å². The highest BCUT2D eigenvalue weighted by atomic mass is 16.5. The van der Waals surface area contributed by atoms with Crippen LogP contribution in [0.15, 0.2) is 30.6 Å². The van der Waals surface area contributed by atoms with Crippen LogP contribution in [0.2, 0.25) is 0 Å². The molecule has 0 saturated carbocycles. The van der Waals surface area contributed by atoms with Crippen LogP contribution in [0.3, 0.4) is 0 Å². The van der Waals surface area contributed by atoms with Crippen molar-refractivity contribution in [1.29, 1.82) is 5.26 Å². The zero-order chi connectivity index (χ0) is 14.5. The Kier molecular flexibility index (Phi) is 3.96. The van der Waals surface area contributed by atoms with Gasteiger partial charge in [0.1, 0.15) is 18.4 Å². The molecule has 0 aliphatic heterocycles. The van der Waals surface area contributed by atoms with Crippen molar-refractivity contribution in [2.45, 2.75) is 13.5 Å². The minimum Gasteiger partial charge on any atom is -0.488 e. The van der Waals surface area contributed by atoms with Crippen LogP contribution in [0, 0.1) is 18.3 Å². The first-order valence-corrected chi connectivity index (χ1v) is 5.96. The van der Waals surface area contributed by atoms with Crippen molar-refractivity contribution in [3.63, 3.8) is 0 Å². The Hall–Kier alpha value is -2.87. The monoisotopic (exact) mass is 267 g/mol. The standard InChI is InChI=1S/C15H13N3O2/c1-10-2-13(8-19)15(4-14(10)17)20-9-12-3-11(5-16)6-18-7-12/h2-4,6-8H,9,17H2,1H3. The van der Waals surface area contributed by atoms with E-state index in [2.05, 4.69) is 4.98 Å². The molecule has 0 aliphatic rings. The van der Waals surface area contributed by atoms with Gasteiger partial charge >= 0.3 is 0 Å². The number of nitriles is 1. The fraction of sp³-hybridized carbons (Fsp3) is 0.133. The normalized spacial score (nSPS) is 9.80. The van der Waals surface area contributed by atoms with E-state index in [1.165, 1.54) is 6.20 Å². The van der Waals surface area contributed by atoms with Crippen LogP contribution in [0.4, 0.5) is 5.69 Å². The fourth-order valence-electron chi connectivity index (χ4n) is 1.73. The number of ether oxygens (including phenoxy) is 1. The Bertz CT molecular complexity index is 690. The van der Waals surface area contributed by atoms with E-state index in [0.717, 1.165) is 17.4 Å². The molecule has 2 aromatic rings. The summed E-state index contributed by atoms with van der Waals surface area (Å²) < 4.78 is 5.59. The van der Waals surface area contributed by atoms with Crippen molar-refractivity contribution in [3.05, 3.63) is 52.8 Å². The fourth-order valence-corrected chi connectivity index (χ4v) is 1.73. The van der Waals surface area contributed by atoms with Gasteiger partial charge in [0.2, 0.25) is 0 Å². The van der Waals surface area contributed by atoms with Gasteiger partial charge in [-0.05, 0) is 24.6 Å². The summed E-state index contributed by atoms with van der Waals surface area (Å²) in [7, 11) is 0. The molecular weight excluding hydrogens is 254 g/mol. The highest BCUT2D eigenvalue weighted by Crippen LogP contribution is 2.24. The van der Waals surface area contributed by atoms with Crippen molar-refractivity contribution in [2.24, 2.45) is 0 Å². The number of nitrogens with two attached hydrogens (primary N) is 1. The lowest BCUT2D eigenvalue weighted by atomic mass is 10.1. The molecule has 0 saturated heterocycles. The Morgan fingerprint density at radius 2 is 2.20 bits per heavy atom. The predicted octanol–water partition coefficient (Wildman–Crippen LogP) is 2.24. The molecule has 0 atom stereocenters. The molecule has 0 spiro atoms. The number of carbonyl (C=O) groups excluding carboxylic acids is 1. The molecule has 20 heavy (non-hydrogen) atoms. The zero-order valence-corrected chi connectivity index (χ0v) is 11.0. The van der Waals surface area contributed by atoms with Gasteiger partial charge in [-0.15, -0.1) is 0 Å². The highest BCUT2D eigenvalue weighted by Gasteiger charge is 2.07. The highest BCUT2D eigenvalue weighted by molar-refractivity contribution is 5.81. The number of aromatic nitrogens is 1. The maximum Gasteiger partial charge on any atom is 0.153 e. The molecule has 2 N–H and O–H groups in total. The van der Waals surface area contributed by atoms with Crippen LogP contribution in [0.25, 0.3) is 0 Å². The number of nitrogens with zero attached hydrogens (tertiary/aromatic N) is 2. The molecule has 0 aliphatic carbocycles. The third-order valence-electron chi connectivity index (χ3n) is 2.84. The van der Waals surface area contributed by atoms with Gasteiger partial charge in [-0.3, -0.25) is 9.78 Å². The van der Waals surface area contributed by atoms with E-state index in [1.54, 1.807) is 24.4 Å². The number of hydrogen-bond acceptors (Lipinski definition) is 5. The quantitative estimate of drug-likeness (QED) is 0.677. The van der Waals surface area contributed by atoms with Crippen molar-refractivity contribution in [3.8, 4) is 11.8 Å². The predicted molar refractivity (Wildman–Crippen MR) is 74.3 cm³/mol. The maximum absolute atomic E-state index is 11.0. The third-order valence-corrected chi connectivity index (χ3v) is 2.84. The molecule has 0 radical (unpaired) electrons. The van der Waals surface area contributed by atoms with Gasteiger partial charge < -0.3 is 10.5 Å². The number of anilines is 1. The van der Waals surface area contributed by atoms with E-state index in [1.807, 2.05) is 13.0 Å². The Morgan fingerprint density at radius 3 is 2.90 bits per heavy atom. The number of benzene rings is 1. The number of hydrogen-bond donors (Lipinski definition) is 1. The lowest BCUT2D eigenvalue weighted by Gasteiger charge is -2.11. The molecule has 5 heteroatoms. The summed E-state index contributed by atoms with van der Waals surface area (Å²) in [5.74, 6) is 0.422.